The van der Waals surface area contributed by atoms with Gasteiger partial charge in [-0.05, 0) is 52.4 Å². The van der Waals surface area contributed by atoms with E-state index in [9.17, 15) is 9.59 Å². The number of aromatic nitrogens is 4. The molecule has 8 nitrogen and oxygen atoms in total. The van der Waals surface area contributed by atoms with Gasteiger partial charge in [0, 0.05) is 0 Å². The van der Waals surface area contributed by atoms with Crippen molar-refractivity contribution in [2.24, 2.45) is 0 Å². The number of ether oxygens (including phenoxy) is 2. The fourth-order valence-electron chi connectivity index (χ4n) is 2.12. The number of carbonyl (C=O) groups excluding carboxylic acids is 2. The summed E-state index contributed by atoms with van der Waals surface area (Å²) in [6.45, 7) is 0.106. The molecule has 0 spiro atoms. The van der Waals surface area contributed by atoms with Crippen molar-refractivity contribution in [3.63, 3.8) is 0 Å². The molecule has 8 heteroatoms. The molecule has 0 saturated carbocycles. The summed E-state index contributed by atoms with van der Waals surface area (Å²) in [5, 5.41) is 10.9. The standard InChI is InChI=1S/C17H14N4O4/c1-24-16(22)13-4-2-12(3-5-13)10-25-17(23)14-6-8-15(9-7-14)21-11-18-19-20-21/h2-9,11H,10H2,1H3. The third-order valence-electron chi connectivity index (χ3n) is 3.46. The second-order valence-electron chi connectivity index (χ2n) is 5.07. The minimum absolute atomic E-state index is 0.106. The lowest BCUT2D eigenvalue weighted by molar-refractivity contribution is 0.0471. The van der Waals surface area contributed by atoms with Crippen LogP contribution in [0.4, 0.5) is 0 Å². The minimum atomic E-state index is -0.444. The molecule has 0 aliphatic rings. The molecule has 0 aliphatic carbocycles. The molecule has 25 heavy (non-hydrogen) atoms. The van der Waals surface area contributed by atoms with Crippen LogP contribution >= 0.6 is 0 Å². The van der Waals surface area contributed by atoms with Crippen LogP contribution in [-0.2, 0) is 16.1 Å². The van der Waals surface area contributed by atoms with Crippen molar-refractivity contribution in [3.8, 4) is 5.69 Å². The highest BCUT2D eigenvalue weighted by Crippen LogP contribution is 2.11. The molecule has 0 atom stereocenters. The lowest BCUT2D eigenvalue weighted by Gasteiger charge is -2.06. The second kappa shape index (κ2) is 7.35. The van der Waals surface area contributed by atoms with Crippen molar-refractivity contribution < 1.29 is 19.1 Å². The molecular formula is C17H14N4O4. The van der Waals surface area contributed by atoms with Crippen LogP contribution in [0.2, 0.25) is 0 Å². The summed E-state index contributed by atoms with van der Waals surface area (Å²) in [7, 11) is 1.32. The molecule has 126 valence electrons. The van der Waals surface area contributed by atoms with Gasteiger partial charge in [-0.2, -0.15) is 0 Å². The van der Waals surface area contributed by atoms with E-state index < -0.39 is 11.9 Å². The first kappa shape index (κ1) is 16.3. The van der Waals surface area contributed by atoms with Crippen LogP contribution in [0.15, 0.2) is 54.9 Å². The molecule has 0 unspecified atom stereocenters. The predicted octanol–water partition coefficient (Wildman–Crippen LogP) is 1.81. The van der Waals surface area contributed by atoms with Gasteiger partial charge in [-0.25, -0.2) is 14.3 Å². The molecule has 0 amide bonds. The average Bonchev–Trinajstić information content (AvgIpc) is 3.21. The number of esters is 2. The summed E-state index contributed by atoms with van der Waals surface area (Å²) in [5.74, 6) is -0.855. The summed E-state index contributed by atoms with van der Waals surface area (Å²) in [4.78, 5) is 23.5. The monoisotopic (exact) mass is 338 g/mol. The largest absolute Gasteiger partial charge is 0.465 e. The molecule has 0 aliphatic heterocycles. The topological polar surface area (TPSA) is 96.2 Å². The van der Waals surface area contributed by atoms with Crippen LogP contribution in [0.25, 0.3) is 5.69 Å². The van der Waals surface area contributed by atoms with Crippen LogP contribution in [-0.4, -0.2) is 39.3 Å². The van der Waals surface area contributed by atoms with E-state index in [0.29, 0.717) is 11.1 Å². The van der Waals surface area contributed by atoms with E-state index in [2.05, 4.69) is 20.3 Å². The van der Waals surface area contributed by atoms with Crippen LogP contribution in [0, 0.1) is 0 Å². The summed E-state index contributed by atoms with van der Waals surface area (Å²) >= 11 is 0. The number of hydrogen-bond acceptors (Lipinski definition) is 7. The number of rotatable bonds is 5. The van der Waals surface area contributed by atoms with E-state index in [4.69, 9.17) is 4.74 Å². The van der Waals surface area contributed by atoms with Crippen molar-refractivity contribution in [3.05, 3.63) is 71.5 Å². The SMILES string of the molecule is COC(=O)c1ccc(COC(=O)c2ccc(-n3cnnn3)cc2)cc1. The first-order valence-electron chi connectivity index (χ1n) is 7.35. The number of benzene rings is 2. The summed E-state index contributed by atoms with van der Waals surface area (Å²) in [6.07, 6.45) is 1.46. The fourth-order valence-corrected chi connectivity index (χ4v) is 2.12. The minimum Gasteiger partial charge on any atom is -0.465 e. The average molecular weight is 338 g/mol. The van der Waals surface area contributed by atoms with E-state index in [1.165, 1.54) is 18.1 Å². The molecule has 0 radical (unpaired) electrons. The third-order valence-corrected chi connectivity index (χ3v) is 3.46. The Kier molecular flexibility index (Phi) is 4.79. The molecule has 3 rings (SSSR count). The number of tetrazole rings is 1. The smallest absolute Gasteiger partial charge is 0.338 e. The van der Waals surface area contributed by atoms with Gasteiger partial charge in [0.15, 0.2) is 0 Å². The Morgan fingerprint density at radius 1 is 0.960 bits per heavy atom. The van der Waals surface area contributed by atoms with E-state index in [1.807, 2.05) is 0 Å². The van der Waals surface area contributed by atoms with Crippen molar-refractivity contribution in [2.75, 3.05) is 7.11 Å². The van der Waals surface area contributed by atoms with Gasteiger partial charge in [-0.1, -0.05) is 12.1 Å². The first-order valence-corrected chi connectivity index (χ1v) is 7.35. The summed E-state index contributed by atoms with van der Waals surface area (Å²) in [6, 6.07) is 13.4. The van der Waals surface area contributed by atoms with Gasteiger partial charge < -0.3 is 9.47 Å². The van der Waals surface area contributed by atoms with Gasteiger partial charge in [0.1, 0.15) is 12.9 Å². The normalized spacial score (nSPS) is 10.3. The second-order valence-corrected chi connectivity index (χ2v) is 5.07. The zero-order valence-electron chi connectivity index (χ0n) is 13.3. The lowest BCUT2D eigenvalue weighted by Crippen LogP contribution is -2.06. The zero-order valence-corrected chi connectivity index (χ0v) is 13.3. The maximum Gasteiger partial charge on any atom is 0.338 e. The quantitative estimate of drug-likeness (QED) is 0.654. The van der Waals surface area contributed by atoms with Gasteiger partial charge >= 0.3 is 11.9 Å². The Morgan fingerprint density at radius 2 is 1.60 bits per heavy atom. The highest BCUT2D eigenvalue weighted by Gasteiger charge is 2.09. The maximum atomic E-state index is 12.1. The number of methoxy groups -OCH3 is 1. The molecule has 1 heterocycles. The molecule has 2 aromatic carbocycles. The van der Waals surface area contributed by atoms with Crippen LogP contribution in [0.1, 0.15) is 26.3 Å². The zero-order chi connectivity index (χ0) is 17.6. The molecule has 0 bridgehead atoms. The van der Waals surface area contributed by atoms with E-state index in [0.717, 1.165) is 11.3 Å². The number of nitrogens with zero attached hydrogens (tertiary/aromatic N) is 4. The Hall–Kier alpha value is -3.55. The van der Waals surface area contributed by atoms with Crippen LogP contribution in [0.5, 0.6) is 0 Å². The Morgan fingerprint density at radius 3 is 2.20 bits per heavy atom. The number of hydrogen-bond donors (Lipinski definition) is 0. The van der Waals surface area contributed by atoms with Crippen LogP contribution in [0.3, 0.4) is 0 Å². The highest BCUT2D eigenvalue weighted by molar-refractivity contribution is 5.90. The molecule has 3 aromatic rings. The Labute approximate surface area is 143 Å². The summed E-state index contributed by atoms with van der Waals surface area (Å²) < 4.78 is 11.4. The highest BCUT2D eigenvalue weighted by atomic mass is 16.5. The molecule has 0 fully saturated rings. The van der Waals surface area contributed by atoms with Gasteiger partial charge in [-0.3, -0.25) is 0 Å². The predicted molar refractivity (Wildman–Crippen MR) is 86.1 cm³/mol. The molecule has 1 aromatic heterocycles. The summed E-state index contributed by atoms with van der Waals surface area (Å²) in [5.41, 5.74) is 2.37. The molecule has 0 N–H and O–H groups in total. The van der Waals surface area contributed by atoms with Gasteiger partial charge in [0.2, 0.25) is 0 Å². The number of carbonyl (C=O) groups is 2. The van der Waals surface area contributed by atoms with Gasteiger partial charge in [-0.15, -0.1) is 5.10 Å². The van der Waals surface area contributed by atoms with Gasteiger partial charge in [0.25, 0.3) is 0 Å². The Balaban J connectivity index is 1.60. The lowest BCUT2D eigenvalue weighted by atomic mass is 10.1. The van der Waals surface area contributed by atoms with Crippen LogP contribution < -0.4 is 0 Å². The molecular weight excluding hydrogens is 324 g/mol. The van der Waals surface area contributed by atoms with Gasteiger partial charge in [0.05, 0.1) is 23.9 Å². The maximum absolute atomic E-state index is 12.1. The van der Waals surface area contributed by atoms with Crippen molar-refractivity contribution >= 4 is 11.9 Å². The first-order chi connectivity index (χ1) is 12.2. The van der Waals surface area contributed by atoms with Crippen molar-refractivity contribution in [1.29, 1.82) is 0 Å². The van der Waals surface area contributed by atoms with E-state index in [1.54, 1.807) is 48.5 Å². The Bertz CT molecular complexity index is 859. The van der Waals surface area contributed by atoms with Crippen molar-refractivity contribution in [2.45, 2.75) is 6.61 Å². The fraction of sp³-hybridized carbons (Fsp3) is 0.118. The van der Waals surface area contributed by atoms with E-state index >= 15 is 0 Å². The molecule has 0 saturated heterocycles. The van der Waals surface area contributed by atoms with E-state index in [-0.39, 0.29) is 6.61 Å². The van der Waals surface area contributed by atoms with Crippen molar-refractivity contribution in [1.82, 2.24) is 20.2 Å². The third kappa shape index (κ3) is 3.86.